The van der Waals surface area contributed by atoms with E-state index in [2.05, 4.69) is 0 Å². The molecule has 1 aromatic carbocycles. The molecule has 3 rings (SSSR count). The highest BCUT2D eigenvalue weighted by Gasteiger charge is 2.32. The van der Waals surface area contributed by atoms with Gasteiger partial charge in [-0.05, 0) is 5.56 Å². The Balaban J connectivity index is 1.63. The van der Waals surface area contributed by atoms with Gasteiger partial charge in [0.15, 0.2) is 0 Å². The molecule has 1 aromatic rings. The van der Waals surface area contributed by atoms with E-state index in [-0.39, 0.29) is 6.03 Å². The number of morpholine rings is 1. The second-order valence-corrected chi connectivity index (χ2v) is 6.19. The maximum Gasteiger partial charge on any atom is 0.320 e. The van der Waals surface area contributed by atoms with Crippen LogP contribution in [0.1, 0.15) is 11.6 Å². The van der Waals surface area contributed by atoms with Crippen molar-refractivity contribution in [3.8, 4) is 0 Å². The first-order valence-electron chi connectivity index (χ1n) is 8.55. The van der Waals surface area contributed by atoms with Gasteiger partial charge >= 0.3 is 6.03 Å². The van der Waals surface area contributed by atoms with Crippen LogP contribution in [0.25, 0.3) is 0 Å². The normalized spacial score (nSPS) is 20.2. The Hall–Kier alpha value is -2.16. The quantitative estimate of drug-likeness (QED) is 0.606. The lowest BCUT2D eigenvalue weighted by Crippen LogP contribution is -2.56. The minimum absolute atomic E-state index is 0.0332. The summed E-state index contributed by atoms with van der Waals surface area (Å²) >= 11 is 0. The second kappa shape index (κ2) is 8.28. The maximum absolute atomic E-state index is 12.5. The van der Waals surface area contributed by atoms with Crippen molar-refractivity contribution in [3.63, 3.8) is 0 Å². The fourth-order valence-electron chi connectivity index (χ4n) is 3.35. The van der Waals surface area contributed by atoms with Crippen LogP contribution in [0, 0.1) is 0 Å². The van der Waals surface area contributed by atoms with Crippen molar-refractivity contribution in [3.05, 3.63) is 35.9 Å². The molecule has 0 aromatic heterocycles. The third-order valence-electron chi connectivity index (χ3n) is 4.71. The average Bonchev–Trinajstić information content (AvgIpc) is 2.69. The van der Waals surface area contributed by atoms with Gasteiger partial charge in [-0.2, -0.15) is 0 Å². The van der Waals surface area contributed by atoms with Crippen LogP contribution in [0.5, 0.6) is 0 Å². The molecule has 0 aliphatic carbocycles. The summed E-state index contributed by atoms with van der Waals surface area (Å²) in [6.45, 7) is 4.66. The molecule has 2 aliphatic rings. The number of piperazine rings is 1. The van der Waals surface area contributed by atoms with E-state index >= 15 is 0 Å². The predicted molar refractivity (Wildman–Crippen MR) is 90.0 cm³/mol. The van der Waals surface area contributed by atoms with E-state index in [0.717, 1.165) is 5.56 Å². The van der Waals surface area contributed by atoms with Crippen LogP contribution in [0.3, 0.4) is 0 Å². The smallest absolute Gasteiger partial charge is 0.320 e. The summed E-state index contributed by atoms with van der Waals surface area (Å²) < 4.78 is 5.28. The number of urea groups is 1. The molecule has 3 amide bonds. The molecule has 2 fully saturated rings. The number of nitrogens with one attached hydrogen (secondary N) is 1. The molecule has 2 N–H and O–H groups in total. The number of hydroxylamine groups is 1. The summed E-state index contributed by atoms with van der Waals surface area (Å²) in [6.07, 6.45) is 0. The van der Waals surface area contributed by atoms with Gasteiger partial charge < -0.3 is 14.5 Å². The number of amides is 3. The van der Waals surface area contributed by atoms with Gasteiger partial charge in [0.2, 0.25) is 0 Å². The Bertz CT molecular complexity index is 584. The summed E-state index contributed by atoms with van der Waals surface area (Å²) in [4.78, 5) is 30.3. The molecule has 0 spiro atoms. The van der Waals surface area contributed by atoms with E-state index in [9.17, 15) is 9.59 Å². The van der Waals surface area contributed by atoms with Gasteiger partial charge in [0, 0.05) is 39.3 Å². The lowest BCUT2D eigenvalue weighted by molar-refractivity contribution is -0.135. The van der Waals surface area contributed by atoms with Crippen LogP contribution in [0.4, 0.5) is 4.79 Å². The summed E-state index contributed by atoms with van der Waals surface area (Å²) in [7, 11) is 0. The number of ether oxygens (including phenoxy) is 1. The lowest BCUT2D eigenvalue weighted by Gasteiger charge is -2.40. The second-order valence-electron chi connectivity index (χ2n) is 6.19. The minimum Gasteiger partial charge on any atom is -0.378 e. The molecule has 0 saturated carbocycles. The third kappa shape index (κ3) is 4.09. The number of carbonyl (C=O) groups excluding carboxylic acids is 2. The average molecular weight is 348 g/mol. The Kier molecular flexibility index (Phi) is 5.85. The maximum atomic E-state index is 12.5. The summed E-state index contributed by atoms with van der Waals surface area (Å²) in [6, 6.07) is 8.82. The van der Waals surface area contributed by atoms with E-state index in [1.165, 1.54) is 0 Å². The van der Waals surface area contributed by atoms with E-state index in [1.807, 2.05) is 45.0 Å². The van der Waals surface area contributed by atoms with Gasteiger partial charge in [-0.3, -0.25) is 14.9 Å². The summed E-state index contributed by atoms with van der Waals surface area (Å²) in [5.41, 5.74) is 2.58. The number of rotatable bonds is 3. The first-order chi connectivity index (χ1) is 12.2. The molecule has 136 valence electrons. The molecule has 1 unspecified atom stereocenters. The Morgan fingerprint density at radius 3 is 2.16 bits per heavy atom. The molecule has 8 nitrogen and oxygen atoms in total. The van der Waals surface area contributed by atoms with Crippen molar-refractivity contribution in [2.45, 2.75) is 6.04 Å². The van der Waals surface area contributed by atoms with E-state index in [4.69, 9.17) is 9.94 Å². The number of nitrogens with zero attached hydrogens (tertiary/aromatic N) is 3. The van der Waals surface area contributed by atoms with Crippen molar-refractivity contribution in [2.24, 2.45) is 0 Å². The number of carbonyl (C=O) groups is 2. The molecule has 25 heavy (non-hydrogen) atoms. The van der Waals surface area contributed by atoms with Crippen LogP contribution in [-0.2, 0) is 9.53 Å². The number of hydrogen-bond acceptors (Lipinski definition) is 5. The van der Waals surface area contributed by atoms with Crippen molar-refractivity contribution in [2.75, 3.05) is 52.5 Å². The molecular weight excluding hydrogens is 324 g/mol. The van der Waals surface area contributed by atoms with Crippen LogP contribution in [0.2, 0.25) is 0 Å². The van der Waals surface area contributed by atoms with Gasteiger partial charge in [-0.25, -0.2) is 10.3 Å². The molecule has 2 aliphatic heterocycles. The van der Waals surface area contributed by atoms with Crippen LogP contribution >= 0.6 is 0 Å². The largest absolute Gasteiger partial charge is 0.378 e. The molecule has 2 saturated heterocycles. The monoisotopic (exact) mass is 348 g/mol. The molecule has 0 bridgehead atoms. The molecule has 0 radical (unpaired) electrons. The third-order valence-corrected chi connectivity index (χ3v) is 4.71. The Labute approximate surface area is 146 Å². The van der Waals surface area contributed by atoms with E-state index in [0.29, 0.717) is 52.5 Å². The fraction of sp³-hybridized carbons (Fsp3) is 0.529. The van der Waals surface area contributed by atoms with Gasteiger partial charge in [0.05, 0.1) is 13.2 Å². The topological polar surface area (TPSA) is 85.3 Å². The van der Waals surface area contributed by atoms with Crippen LogP contribution in [0.15, 0.2) is 30.3 Å². The Morgan fingerprint density at radius 1 is 0.960 bits per heavy atom. The zero-order valence-electron chi connectivity index (χ0n) is 14.1. The van der Waals surface area contributed by atoms with Gasteiger partial charge in [0.1, 0.15) is 6.04 Å². The van der Waals surface area contributed by atoms with Gasteiger partial charge in [-0.15, -0.1) is 0 Å². The summed E-state index contributed by atoms with van der Waals surface area (Å²) in [5, 5.41) is 9.10. The fourth-order valence-corrected chi connectivity index (χ4v) is 3.35. The lowest BCUT2D eigenvalue weighted by atomic mass is 10.0. The Morgan fingerprint density at radius 2 is 1.56 bits per heavy atom. The van der Waals surface area contributed by atoms with Crippen LogP contribution in [-0.4, -0.2) is 84.3 Å². The van der Waals surface area contributed by atoms with Gasteiger partial charge in [-0.1, -0.05) is 30.3 Å². The van der Waals surface area contributed by atoms with E-state index in [1.54, 1.807) is 5.48 Å². The zero-order valence-corrected chi connectivity index (χ0v) is 14.1. The van der Waals surface area contributed by atoms with Crippen molar-refractivity contribution < 1.29 is 19.5 Å². The molecular formula is C17H24N4O4. The highest BCUT2D eigenvalue weighted by Crippen LogP contribution is 2.22. The predicted octanol–water partition coefficient (Wildman–Crippen LogP) is 0.303. The van der Waals surface area contributed by atoms with E-state index < -0.39 is 11.9 Å². The highest BCUT2D eigenvalue weighted by molar-refractivity contribution is 5.82. The first-order valence-corrected chi connectivity index (χ1v) is 8.55. The molecule has 2 heterocycles. The number of benzene rings is 1. The highest BCUT2D eigenvalue weighted by atomic mass is 16.5. The number of hydrogen-bond donors (Lipinski definition) is 2. The standard InChI is InChI=1S/C17H24N4O4/c22-16(18-24)15(14-4-2-1-3-5-14)19-6-8-20(9-7-19)17(23)21-10-12-25-13-11-21/h1-5,15,24H,6-13H2,(H,18,22). The molecule has 1 atom stereocenters. The molecule has 8 heteroatoms. The van der Waals surface area contributed by atoms with Crippen molar-refractivity contribution >= 4 is 11.9 Å². The van der Waals surface area contributed by atoms with Crippen molar-refractivity contribution in [1.29, 1.82) is 0 Å². The SMILES string of the molecule is O=C(NO)C(c1ccccc1)N1CCN(C(=O)N2CCOCC2)CC1. The minimum atomic E-state index is -0.563. The van der Waals surface area contributed by atoms with Gasteiger partial charge in [0.25, 0.3) is 5.91 Å². The van der Waals surface area contributed by atoms with Crippen molar-refractivity contribution in [1.82, 2.24) is 20.2 Å². The zero-order chi connectivity index (χ0) is 17.6. The van der Waals surface area contributed by atoms with Crippen LogP contribution < -0.4 is 5.48 Å². The summed E-state index contributed by atoms with van der Waals surface area (Å²) in [5.74, 6) is -0.459. The first kappa shape index (κ1) is 17.7.